The van der Waals surface area contributed by atoms with E-state index >= 15 is 0 Å². The Morgan fingerprint density at radius 2 is 2.00 bits per heavy atom. The highest BCUT2D eigenvalue weighted by molar-refractivity contribution is 7.99. The standard InChI is InChI=1S/C7H15ClOS/c1-6(2)4-10-5-7(9)3-8/h6-7,9H,3-5H2,1-2H3. The van der Waals surface area contributed by atoms with Gasteiger partial charge in [-0.1, -0.05) is 13.8 Å². The van der Waals surface area contributed by atoms with Gasteiger partial charge in [-0.05, 0) is 11.7 Å². The molecule has 0 saturated carbocycles. The van der Waals surface area contributed by atoms with E-state index < -0.39 is 0 Å². The fourth-order valence-electron chi connectivity index (χ4n) is 0.484. The normalized spacial score (nSPS) is 14.1. The summed E-state index contributed by atoms with van der Waals surface area (Å²) in [7, 11) is 0. The van der Waals surface area contributed by atoms with Crippen molar-refractivity contribution in [2.24, 2.45) is 5.92 Å². The molecule has 1 nitrogen and oxygen atoms in total. The first-order chi connectivity index (χ1) is 4.66. The highest BCUT2D eigenvalue weighted by Crippen LogP contribution is 2.09. The lowest BCUT2D eigenvalue weighted by Crippen LogP contribution is -2.12. The molecule has 10 heavy (non-hydrogen) atoms. The molecule has 0 bridgehead atoms. The van der Waals surface area contributed by atoms with Crippen LogP contribution in [0.1, 0.15) is 13.8 Å². The van der Waals surface area contributed by atoms with Gasteiger partial charge in [0.15, 0.2) is 0 Å². The average molecular weight is 183 g/mol. The van der Waals surface area contributed by atoms with Gasteiger partial charge in [-0.25, -0.2) is 0 Å². The average Bonchev–Trinajstić information content (AvgIpc) is 1.87. The number of hydrogen-bond acceptors (Lipinski definition) is 2. The van der Waals surface area contributed by atoms with E-state index in [0.29, 0.717) is 11.8 Å². The predicted octanol–water partition coefficient (Wildman–Crippen LogP) is 1.98. The van der Waals surface area contributed by atoms with Gasteiger partial charge in [0.05, 0.1) is 6.10 Å². The van der Waals surface area contributed by atoms with Gasteiger partial charge < -0.3 is 5.11 Å². The summed E-state index contributed by atoms with van der Waals surface area (Å²) in [5, 5.41) is 9.02. The van der Waals surface area contributed by atoms with Crippen LogP contribution in [0.3, 0.4) is 0 Å². The van der Waals surface area contributed by atoms with Crippen molar-refractivity contribution in [1.29, 1.82) is 0 Å². The number of thioether (sulfide) groups is 1. The minimum Gasteiger partial charge on any atom is -0.391 e. The number of hydrogen-bond donors (Lipinski definition) is 1. The van der Waals surface area contributed by atoms with E-state index in [1.54, 1.807) is 11.8 Å². The molecule has 0 aromatic rings. The van der Waals surface area contributed by atoms with E-state index in [-0.39, 0.29) is 6.10 Å². The first-order valence-electron chi connectivity index (χ1n) is 3.48. The fraction of sp³-hybridized carbons (Fsp3) is 1.00. The molecule has 0 aliphatic heterocycles. The Morgan fingerprint density at radius 3 is 2.40 bits per heavy atom. The lowest BCUT2D eigenvalue weighted by molar-refractivity contribution is 0.223. The Kier molecular flexibility index (Phi) is 6.70. The third-order valence-electron chi connectivity index (χ3n) is 0.940. The van der Waals surface area contributed by atoms with Crippen molar-refractivity contribution in [3.8, 4) is 0 Å². The van der Waals surface area contributed by atoms with E-state index in [1.165, 1.54) is 0 Å². The smallest absolute Gasteiger partial charge is 0.0765 e. The van der Waals surface area contributed by atoms with Crippen molar-refractivity contribution >= 4 is 23.4 Å². The van der Waals surface area contributed by atoms with Crippen molar-refractivity contribution in [3.05, 3.63) is 0 Å². The summed E-state index contributed by atoms with van der Waals surface area (Å²) in [6.45, 7) is 4.33. The number of halogens is 1. The molecule has 0 radical (unpaired) electrons. The van der Waals surface area contributed by atoms with Crippen LogP contribution in [-0.4, -0.2) is 28.6 Å². The van der Waals surface area contributed by atoms with Gasteiger partial charge in [-0.2, -0.15) is 11.8 Å². The Balaban J connectivity index is 3.03. The van der Waals surface area contributed by atoms with Crippen LogP contribution in [0, 0.1) is 5.92 Å². The van der Waals surface area contributed by atoms with Gasteiger partial charge in [-0.15, -0.1) is 11.6 Å². The van der Waals surface area contributed by atoms with Gasteiger partial charge in [-0.3, -0.25) is 0 Å². The molecule has 0 aromatic carbocycles. The summed E-state index contributed by atoms with van der Waals surface area (Å²) in [5.74, 6) is 2.92. The van der Waals surface area contributed by atoms with Gasteiger partial charge in [0.1, 0.15) is 0 Å². The largest absolute Gasteiger partial charge is 0.391 e. The molecule has 3 heteroatoms. The van der Waals surface area contributed by atoms with Gasteiger partial charge in [0, 0.05) is 11.6 Å². The number of rotatable bonds is 5. The van der Waals surface area contributed by atoms with Crippen LogP contribution < -0.4 is 0 Å². The van der Waals surface area contributed by atoms with Crippen molar-refractivity contribution in [1.82, 2.24) is 0 Å². The maximum atomic E-state index is 9.02. The zero-order valence-electron chi connectivity index (χ0n) is 6.51. The Morgan fingerprint density at radius 1 is 1.40 bits per heavy atom. The summed E-state index contributed by atoms with van der Waals surface area (Å²) in [4.78, 5) is 0. The van der Waals surface area contributed by atoms with Gasteiger partial charge in [0.25, 0.3) is 0 Å². The van der Waals surface area contributed by atoms with Crippen molar-refractivity contribution in [2.75, 3.05) is 17.4 Å². The molecule has 0 heterocycles. The molecule has 0 fully saturated rings. The van der Waals surface area contributed by atoms with E-state index in [0.717, 1.165) is 11.5 Å². The van der Waals surface area contributed by atoms with Crippen LogP contribution in [-0.2, 0) is 0 Å². The third kappa shape index (κ3) is 6.72. The second-order valence-electron chi connectivity index (χ2n) is 2.74. The summed E-state index contributed by atoms with van der Waals surface area (Å²) in [6, 6.07) is 0. The van der Waals surface area contributed by atoms with Crippen LogP contribution in [0.5, 0.6) is 0 Å². The van der Waals surface area contributed by atoms with Crippen LogP contribution in [0.2, 0.25) is 0 Å². The third-order valence-corrected chi connectivity index (χ3v) is 2.82. The number of aliphatic hydroxyl groups excluding tert-OH is 1. The molecule has 1 atom stereocenters. The van der Waals surface area contributed by atoms with Crippen LogP contribution in [0.15, 0.2) is 0 Å². The zero-order valence-corrected chi connectivity index (χ0v) is 8.08. The monoisotopic (exact) mass is 182 g/mol. The van der Waals surface area contributed by atoms with E-state index in [9.17, 15) is 0 Å². The fourth-order valence-corrected chi connectivity index (χ4v) is 1.72. The van der Waals surface area contributed by atoms with E-state index in [4.69, 9.17) is 16.7 Å². The highest BCUT2D eigenvalue weighted by Gasteiger charge is 2.01. The maximum Gasteiger partial charge on any atom is 0.0765 e. The SMILES string of the molecule is CC(C)CSCC(O)CCl. The molecular weight excluding hydrogens is 168 g/mol. The molecule has 1 N–H and O–H groups in total. The summed E-state index contributed by atoms with van der Waals surface area (Å²) in [6.07, 6.45) is -0.328. The Labute approximate surface area is 72.1 Å². The van der Waals surface area contributed by atoms with E-state index in [1.807, 2.05) is 0 Å². The summed E-state index contributed by atoms with van der Waals surface area (Å²) in [5.41, 5.74) is 0. The molecule has 0 amide bonds. The van der Waals surface area contributed by atoms with Gasteiger partial charge >= 0.3 is 0 Å². The zero-order chi connectivity index (χ0) is 7.98. The topological polar surface area (TPSA) is 20.2 Å². The summed E-state index contributed by atoms with van der Waals surface area (Å²) < 4.78 is 0. The quantitative estimate of drug-likeness (QED) is 0.657. The highest BCUT2D eigenvalue weighted by atomic mass is 35.5. The Hall–Kier alpha value is 0.600. The predicted molar refractivity (Wildman–Crippen MR) is 48.9 cm³/mol. The first-order valence-corrected chi connectivity index (χ1v) is 5.17. The molecule has 0 saturated heterocycles. The minimum atomic E-state index is -0.328. The lowest BCUT2D eigenvalue weighted by Gasteiger charge is -2.07. The molecule has 0 rings (SSSR count). The molecule has 0 aromatic heterocycles. The Bertz CT molecular complexity index is 78.0. The molecule has 0 aliphatic rings. The molecular formula is C7H15ClOS. The van der Waals surface area contributed by atoms with Crippen LogP contribution in [0.4, 0.5) is 0 Å². The summed E-state index contributed by atoms with van der Waals surface area (Å²) >= 11 is 7.16. The molecule has 0 spiro atoms. The number of aliphatic hydroxyl groups is 1. The van der Waals surface area contributed by atoms with Crippen molar-refractivity contribution in [3.63, 3.8) is 0 Å². The lowest BCUT2D eigenvalue weighted by atomic mass is 10.3. The second-order valence-corrected chi connectivity index (χ2v) is 4.12. The maximum absolute atomic E-state index is 9.02. The minimum absolute atomic E-state index is 0.328. The van der Waals surface area contributed by atoms with Crippen LogP contribution in [0.25, 0.3) is 0 Å². The second kappa shape index (κ2) is 6.32. The van der Waals surface area contributed by atoms with Gasteiger partial charge in [0.2, 0.25) is 0 Å². The van der Waals surface area contributed by atoms with Crippen molar-refractivity contribution < 1.29 is 5.11 Å². The molecule has 62 valence electrons. The molecule has 0 aliphatic carbocycles. The molecule has 1 unspecified atom stereocenters. The first kappa shape index (κ1) is 10.6. The van der Waals surface area contributed by atoms with Crippen LogP contribution >= 0.6 is 23.4 Å². The van der Waals surface area contributed by atoms with E-state index in [2.05, 4.69) is 13.8 Å². The van der Waals surface area contributed by atoms with Crippen molar-refractivity contribution in [2.45, 2.75) is 20.0 Å². The number of alkyl halides is 1.